The molecule has 0 radical (unpaired) electrons. The molecule has 1 atom stereocenters. The normalized spacial score (nSPS) is 12.8. The van der Waals surface area contributed by atoms with Gasteiger partial charge in [-0.25, -0.2) is 4.98 Å². The Morgan fingerprint density at radius 1 is 1.45 bits per heavy atom. The third-order valence-corrected chi connectivity index (χ3v) is 3.62. The summed E-state index contributed by atoms with van der Waals surface area (Å²) in [4.78, 5) is 16.7. The molecule has 1 unspecified atom stereocenters. The summed E-state index contributed by atoms with van der Waals surface area (Å²) >= 11 is 5.99. The van der Waals surface area contributed by atoms with E-state index in [0.29, 0.717) is 12.4 Å². The third-order valence-electron chi connectivity index (χ3n) is 3.38. The van der Waals surface area contributed by atoms with Crippen LogP contribution in [0.2, 0.25) is 0 Å². The van der Waals surface area contributed by atoms with E-state index in [1.165, 1.54) is 0 Å². The molecule has 0 saturated heterocycles. The fourth-order valence-electron chi connectivity index (χ4n) is 2.43. The van der Waals surface area contributed by atoms with Crippen LogP contribution in [0.3, 0.4) is 0 Å². The first kappa shape index (κ1) is 14.8. The number of fused-ring (bicyclic) bond motifs is 1. The van der Waals surface area contributed by atoms with Crippen LogP contribution >= 0.6 is 11.6 Å². The lowest BCUT2D eigenvalue weighted by Gasteiger charge is -2.16. The quantitative estimate of drug-likeness (QED) is 0.856. The van der Waals surface area contributed by atoms with E-state index < -0.39 is 0 Å². The minimum absolute atomic E-state index is 0.0441. The monoisotopic (exact) mass is 297 g/mol. The first-order chi connectivity index (χ1) is 9.54. The van der Waals surface area contributed by atoms with Crippen LogP contribution in [-0.4, -0.2) is 31.8 Å². The number of nitrogens with zero attached hydrogens (tertiary/aromatic N) is 4. The highest BCUT2D eigenvalue weighted by molar-refractivity contribution is 6.16. The second-order valence-corrected chi connectivity index (χ2v) is 4.97. The second kappa shape index (κ2) is 5.83. The molecule has 2 rings (SSSR count). The Labute approximate surface area is 123 Å². The summed E-state index contributed by atoms with van der Waals surface area (Å²) in [5.41, 5.74) is 2.61. The van der Waals surface area contributed by atoms with Gasteiger partial charge in [-0.15, -0.1) is 11.6 Å². The molecule has 0 aliphatic rings. The summed E-state index contributed by atoms with van der Waals surface area (Å²) in [5.74, 6) is 0.919. The Balaban J connectivity index is 2.61. The van der Waals surface area contributed by atoms with Crippen LogP contribution in [0.15, 0.2) is 0 Å². The number of amides is 1. The van der Waals surface area contributed by atoms with Gasteiger partial charge in [-0.3, -0.25) is 14.0 Å². The number of rotatable bonds is 5. The lowest BCUT2D eigenvalue weighted by Crippen LogP contribution is -2.31. The molecule has 20 heavy (non-hydrogen) atoms. The Bertz CT molecular complexity index is 630. The van der Waals surface area contributed by atoms with Crippen molar-refractivity contribution >= 4 is 28.7 Å². The Morgan fingerprint density at radius 3 is 2.70 bits per heavy atom. The Morgan fingerprint density at radius 2 is 2.15 bits per heavy atom. The molecule has 2 aromatic heterocycles. The molecule has 0 aromatic carbocycles. The fourth-order valence-corrected chi connectivity index (χ4v) is 2.61. The molecule has 0 fully saturated rings. The maximum absolute atomic E-state index is 12.1. The zero-order valence-corrected chi connectivity index (χ0v) is 13.0. The number of hydrogen-bond acceptors (Lipinski definition) is 3. The largest absolute Gasteiger partial charge is 0.355 e. The highest BCUT2D eigenvalue weighted by Crippen LogP contribution is 2.25. The molecule has 2 aromatic rings. The summed E-state index contributed by atoms with van der Waals surface area (Å²) in [7, 11) is 1.86. The molecule has 0 aliphatic heterocycles. The van der Waals surface area contributed by atoms with Crippen molar-refractivity contribution in [2.75, 3.05) is 6.54 Å². The number of imidazole rings is 1. The number of aromatic nitrogens is 4. The average Bonchev–Trinajstić information content (AvgIpc) is 2.95. The SMILES string of the molecule is CCNC(=O)C(C)n1c(CCl)nc2c(CC)nn(C)c21. The van der Waals surface area contributed by atoms with E-state index in [1.807, 2.05) is 32.4 Å². The summed E-state index contributed by atoms with van der Waals surface area (Å²) < 4.78 is 3.65. The van der Waals surface area contributed by atoms with E-state index in [2.05, 4.69) is 15.4 Å². The number of hydrogen-bond donors (Lipinski definition) is 1. The molecular formula is C13H20ClN5O. The van der Waals surface area contributed by atoms with Crippen molar-refractivity contribution in [3.05, 3.63) is 11.5 Å². The maximum atomic E-state index is 12.1. The maximum Gasteiger partial charge on any atom is 0.242 e. The number of alkyl halides is 1. The summed E-state index contributed by atoms with van der Waals surface area (Å²) in [5, 5.41) is 7.28. The highest BCUT2D eigenvalue weighted by atomic mass is 35.5. The van der Waals surface area contributed by atoms with E-state index >= 15 is 0 Å². The summed E-state index contributed by atoms with van der Waals surface area (Å²) in [6, 6.07) is -0.367. The molecule has 1 N–H and O–H groups in total. The van der Waals surface area contributed by atoms with Crippen LogP contribution in [0.4, 0.5) is 0 Å². The first-order valence-electron chi connectivity index (χ1n) is 6.81. The summed E-state index contributed by atoms with van der Waals surface area (Å²) in [6.07, 6.45) is 0.797. The first-order valence-corrected chi connectivity index (χ1v) is 7.34. The van der Waals surface area contributed by atoms with Crippen molar-refractivity contribution in [3.8, 4) is 0 Å². The van der Waals surface area contributed by atoms with E-state index in [-0.39, 0.29) is 17.8 Å². The van der Waals surface area contributed by atoms with Crippen molar-refractivity contribution < 1.29 is 4.79 Å². The highest BCUT2D eigenvalue weighted by Gasteiger charge is 2.24. The fraction of sp³-hybridized carbons (Fsp3) is 0.615. The van der Waals surface area contributed by atoms with Gasteiger partial charge in [0, 0.05) is 13.6 Å². The van der Waals surface area contributed by atoms with Crippen LogP contribution in [0.5, 0.6) is 0 Å². The zero-order chi connectivity index (χ0) is 14.9. The van der Waals surface area contributed by atoms with Gasteiger partial charge in [0.25, 0.3) is 0 Å². The zero-order valence-electron chi connectivity index (χ0n) is 12.3. The summed E-state index contributed by atoms with van der Waals surface area (Å²) in [6.45, 7) is 6.38. The van der Waals surface area contributed by atoms with Crippen LogP contribution in [0.1, 0.15) is 38.3 Å². The van der Waals surface area contributed by atoms with Gasteiger partial charge in [-0.05, 0) is 20.3 Å². The van der Waals surface area contributed by atoms with Crippen LogP contribution in [0, 0.1) is 0 Å². The van der Waals surface area contributed by atoms with Gasteiger partial charge in [0.1, 0.15) is 17.4 Å². The van der Waals surface area contributed by atoms with Gasteiger partial charge in [-0.2, -0.15) is 5.10 Å². The molecule has 1 amide bonds. The number of likely N-dealkylation sites (N-methyl/N-ethyl adjacent to an activating group) is 1. The van der Waals surface area contributed by atoms with Crippen molar-refractivity contribution in [1.29, 1.82) is 0 Å². The third kappa shape index (κ3) is 2.28. The molecule has 0 spiro atoms. The number of carbonyl (C=O) groups excluding carboxylic acids is 1. The van der Waals surface area contributed by atoms with Crippen LogP contribution < -0.4 is 5.32 Å². The van der Waals surface area contributed by atoms with E-state index in [4.69, 9.17) is 11.6 Å². The van der Waals surface area contributed by atoms with Gasteiger partial charge in [-0.1, -0.05) is 6.92 Å². The van der Waals surface area contributed by atoms with Gasteiger partial charge >= 0.3 is 0 Å². The molecule has 110 valence electrons. The topological polar surface area (TPSA) is 64.7 Å². The van der Waals surface area contributed by atoms with E-state index in [1.54, 1.807) is 4.68 Å². The van der Waals surface area contributed by atoms with Gasteiger partial charge < -0.3 is 5.32 Å². The molecule has 2 heterocycles. The number of nitrogens with one attached hydrogen (secondary N) is 1. The minimum atomic E-state index is -0.367. The Kier molecular flexibility index (Phi) is 4.32. The van der Waals surface area contributed by atoms with Crippen LogP contribution in [-0.2, 0) is 24.1 Å². The second-order valence-electron chi connectivity index (χ2n) is 4.70. The predicted octanol–water partition coefficient (Wildman–Crippen LogP) is 1.77. The predicted molar refractivity (Wildman–Crippen MR) is 78.8 cm³/mol. The van der Waals surface area contributed by atoms with Crippen molar-refractivity contribution in [3.63, 3.8) is 0 Å². The van der Waals surface area contributed by atoms with Crippen molar-refractivity contribution in [2.45, 2.75) is 39.1 Å². The Hall–Kier alpha value is -1.56. The minimum Gasteiger partial charge on any atom is -0.355 e. The molecule has 7 heteroatoms. The smallest absolute Gasteiger partial charge is 0.242 e. The van der Waals surface area contributed by atoms with Gasteiger partial charge in [0.2, 0.25) is 5.91 Å². The molecule has 6 nitrogen and oxygen atoms in total. The lowest BCUT2D eigenvalue weighted by molar-refractivity contribution is -0.123. The van der Waals surface area contributed by atoms with Crippen LogP contribution in [0.25, 0.3) is 11.2 Å². The van der Waals surface area contributed by atoms with Gasteiger partial charge in [0.05, 0.1) is 11.6 Å². The van der Waals surface area contributed by atoms with E-state index in [0.717, 1.165) is 23.3 Å². The molecule has 0 bridgehead atoms. The average molecular weight is 298 g/mol. The van der Waals surface area contributed by atoms with Crippen molar-refractivity contribution in [1.82, 2.24) is 24.6 Å². The number of carbonyl (C=O) groups is 1. The number of aryl methyl sites for hydroxylation is 2. The molecule has 0 aliphatic carbocycles. The number of halogens is 1. The molecule has 0 saturated carbocycles. The lowest BCUT2D eigenvalue weighted by atomic mass is 10.3. The standard InChI is InChI=1S/C13H20ClN5O/c1-5-9-11-13(18(4)17-9)19(10(7-14)16-11)8(3)12(20)15-6-2/h8H,5-7H2,1-4H3,(H,15,20). The molecular weight excluding hydrogens is 278 g/mol. The van der Waals surface area contributed by atoms with E-state index in [9.17, 15) is 4.79 Å². The van der Waals surface area contributed by atoms with Crippen molar-refractivity contribution in [2.24, 2.45) is 7.05 Å². The van der Waals surface area contributed by atoms with Gasteiger partial charge in [0.15, 0.2) is 5.65 Å².